The monoisotopic (exact) mass is 298 g/mol. The molecule has 1 amide bonds. The summed E-state index contributed by atoms with van der Waals surface area (Å²) in [7, 11) is 1.88. The van der Waals surface area contributed by atoms with Crippen LogP contribution in [-0.2, 0) is 11.2 Å². The van der Waals surface area contributed by atoms with Crippen molar-refractivity contribution in [3.63, 3.8) is 0 Å². The highest BCUT2D eigenvalue weighted by atomic mass is 32.1. The SMILES string of the molecule is Cc1nc(C=CC(=O)N(C)C2CCc3ccccc32)cs1. The van der Waals surface area contributed by atoms with E-state index >= 15 is 0 Å². The second kappa shape index (κ2) is 5.82. The molecule has 3 rings (SSSR count). The van der Waals surface area contributed by atoms with E-state index in [9.17, 15) is 4.79 Å². The third kappa shape index (κ3) is 2.90. The number of rotatable bonds is 3. The maximum Gasteiger partial charge on any atom is 0.246 e. The summed E-state index contributed by atoms with van der Waals surface area (Å²) in [5.41, 5.74) is 3.50. The quantitative estimate of drug-likeness (QED) is 0.811. The lowest BCUT2D eigenvalue weighted by molar-refractivity contribution is -0.126. The van der Waals surface area contributed by atoms with Crippen LogP contribution in [0, 0.1) is 6.92 Å². The summed E-state index contributed by atoms with van der Waals surface area (Å²) in [5, 5.41) is 2.98. The smallest absolute Gasteiger partial charge is 0.246 e. The molecule has 0 N–H and O–H groups in total. The van der Waals surface area contributed by atoms with Gasteiger partial charge in [-0.1, -0.05) is 24.3 Å². The Kier molecular flexibility index (Phi) is 3.88. The van der Waals surface area contributed by atoms with Crippen LogP contribution in [0.4, 0.5) is 0 Å². The van der Waals surface area contributed by atoms with Crippen molar-refractivity contribution < 1.29 is 4.79 Å². The third-order valence-corrected chi connectivity index (χ3v) is 4.74. The Balaban J connectivity index is 1.72. The van der Waals surface area contributed by atoms with Crippen LogP contribution in [-0.4, -0.2) is 22.8 Å². The summed E-state index contributed by atoms with van der Waals surface area (Å²) >= 11 is 1.59. The molecule has 1 aromatic heterocycles. The first-order valence-corrected chi connectivity index (χ1v) is 7.98. The van der Waals surface area contributed by atoms with Crippen molar-refractivity contribution in [2.24, 2.45) is 0 Å². The van der Waals surface area contributed by atoms with Crippen LogP contribution in [0.5, 0.6) is 0 Å². The van der Waals surface area contributed by atoms with Gasteiger partial charge in [-0.25, -0.2) is 4.98 Å². The van der Waals surface area contributed by atoms with Gasteiger partial charge in [-0.15, -0.1) is 11.3 Å². The number of likely N-dealkylation sites (N-methyl/N-ethyl adjacent to an activating group) is 1. The summed E-state index contributed by atoms with van der Waals surface area (Å²) in [6.07, 6.45) is 5.47. The molecule has 0 aliphatic heterocycles. The van der Waals surface area contributed by atoms with Gasteiger partial charge in [0.15, 0.2) is 0 Å². The second-order valence-electron chi connectivity index (χ2n) is 5.33. The average molecular weight is 298 g/mol. The number of thiazole rings is 1. The van der Waals surface area contributed by atoms with Gasteiger partial charge in [-0.05, 0) is 37.0 Å². The van der Waals surface area contributed by atoms with E-state index < -0.39 is 0 Å². The van der Waals surface area contributed by atoms with Gasteiger partial charge in [0.05, 0.1) is 16.7 Å². The molecule has 1 aliphatic rings. The first-order chi connectivity index (χ1) is 10.1. The van der Waals surface area contributed by atoms with Crippen molar-refractivity contribution in [2.45, 2.75) is 25.8 Å². The van der Waals surface area contributed by atoms with Gasteiger partial charge < -0.3 is 4.90 Å². The zero-order valence-corrected chi connectivity index (χ0v) is 13.1. The van der Waals surface area contributed by atoms with Crippen LogP contribution in [0.25, 0.3) is 6.08 Å². The van der Waals surface area contributed by atoms with Crippen LogP contribution in [0.1, 0.15) is 34.3 Å². The van der Waals surface area contributed by atoms with Crippen LogP contribution in [0.3, 0.4) is 0 Å². The first kappa shape index (κ1) is 14.0. The van der Waals surface area contributed by atoms with Crippen molar-refractivity contribution in [3.05, 3.63) is 57.6 Å². The topological polar surface area (TPSA) is 33.2 Å². The Bertz CT molecular complexity index is 690. The zero-order valence-electron chi connectivity index (χ0n) is 12.2. The molecule has 1 atom stereocenters. The minimum absolute atomic E-state index is 0.0300. The Hall–Kier alpha value is -1.94. The van der Waals surface area contributed by atoms with Gasteiger partial charge in [-0.2, -0.15) is 0 Å². The van der Waals surface area contributed by atoms with Crippen molar-refractivity contribution in [1.29, 1.82) is 0 Å². The molecule has 1 unspecified atom stereocenters. The summed E-state index contributed by atoms with van der Waals surface area (Å²) < 4.78 is 0. The molecule has 0 radical (unpaired) electrons. The molecular formula is C17H18N2OS. The lowest BCUT2D eigenvalue weighted by Crippen LogP contribution is -2.28. The van der Waals surface area contributed by atoms with Crippen molar-refractivity contribution in [3.8, 4) is 0 Å². The molecule has 0 saturated heterocycles. The van der Waals surface area contributed by atoms with E-state index in [0.29, 0.717) is 0 Å². The highest BCUT2D eigenvalue weighted by Crippen LogP contribution is 2.34. The standard InChI is InChI=1S/C17H18N2OS/c1-12-18-14(11-21-12)8-10-17(20)19(2)16-9-7-13-5-3-4-6-15(13)16/h3-6,8,10-11,16H,7,9H2,1-2H3. The largest absolute Gasteiger partial charge is 0.335 e. The Morgan fingerprint density at radius 3 is 3.00 bits per heavy atom. The summed E-state index contributed by atoms with van der Waals surface area (Å²) in [4.78, 5) is 18.5. The molecule has 0 fully saturated rings. The molecule has 3 nitrogen and oxygen atoms in total. The van der Waals surface area contributed by atoms with E-state index in [1.165, 1.54) is 11.1 Å². The Morgan fingerprint density at radius 1 is 1.43 bits per heavy atom. The lowest BCUT2D eigenvalue weighted by Gasteiger charge is -2.24. The predicted molar refractivity (Wildman–Crippen MR) is 86.2 cm³/mol. The Morgan fingerprint density at radius 2 is 2.24 bits per heavy atom. The molecule has 0 spiro atoms. The van der Waals surface area contributed by atoms with E-state index in [-0.39, 0.29) is 11.9 Å². The maximum absolute atomic E-state index is 12.3. The predicted octanol–water partition coefficient (Wildman–Crippen LogP) is 3.61. The number of fused-ring (bicyclic) bond motifs is 1. The molecule has 2 aromatic rings. The zero-order chi connectivity index (χ0) is 14.8. The van der Waals surface area contributed by atoms with Crippen LogP contribution in [0.2, 0.25) is 0 Å². The first-order valence-electron chi connectivity index (χ1n) is 7.10. The highest BCUT2D eigenvalue weighted by molar-refractivity contribution is 7.09. The molecule has 21 heavy (non-hydrogen) atoms. The molecule has 0 bridgehead atoms. The summed E-state index contributed by atoms with van der Waals surface area (Å²) in [5.74, 6) is 0.0300. The minimum Gasteiger partial charge on any atom is -0.335 e. The number of benzene rings is 1. The maximum atomic E-state index is 12.3. The fraction of sp³-hybridized carbons (Fsp3) is 0.294. The van der Waals surface area contributed by atoms with Gasteiger partial charge in [-0.3, -0.25) is 4.79 Å². The van der Waals surface area contributed by atoms with Crippen molar-refractivity contribution in [1.82, 2.24) is 9.88 Å². The van der Waals surface area contributed by atoms with Gasteiger partial charge >= 0.3 is 0 Å². The van der Waals surface area contributed by atoms with E-state index in [1.54, 1.807) is 23.5 Å². The molecular weight excluding hydrogens is 280 g/mol. The van der Waals surface area contributed by atoms with Crippen molar-refractivity contribution in [2.75, 3.05) is 7.05 Å². The number of carbonyl (C=O) groups excluding carboxylic acids is 1. The second-order valence-corrected chi connectivity index (χ2v) is 6.39. The molecule has 4 heteroatoms. The van der Waals surface area contributed by atoms with Crippen molar-refractivity contribution >= 4 is 23.3 Å². The van der Waals surface area contributed by atoms with Crippen LogP contribution < -0.4 is 0 Å². The van der Waals surface area contributed by atoms with E-state index in [1.807, 2.05) is 30.3 Å². The molecule has 0 saturated carbocycles. The normalized spacial score (nSPS) is 17.1. The minimum atomic E-state index is 0.0300. The van der Waals surface area contributed by atoms with E-state index in [0.717, 1.165) is 23.5 Å². The number of amides is 1. The number of nitrogens with zero attached hydrogens (tertiary/aromatic N) is 2. The molecule has 1 aliphatic carbocycles. The summed E-state index contributed by atoms with van der Waals surface area (Å²) in [6, 6.07) is 8.58. The average Bonchev–Trinajstić information content (AvgIpc) is 3.10. The van der Waals surface area contributed by atoms with Crippen LogP contribution >= 0.6 is 11.3 Å². The van der Waals surface area contributed by atoms with E-state index in [4.69, 9.17) is 0 Å². The fourth-order valence-corrected chi connectivity index (χ4v) is 3.40. The Labute approximate surface area is 128 Å². The van der Waals surface area contributed by atoms with Gasteiger partial charge in [0, 0.05) is 18.5 Å². The van der Waals surface area contributed by atoms with Crippen LogP contribution in [0.15, 0.2) is 35.7 Å². The number of aryl methyl sites for hydroxylation is 2. The third-order valence-electron chi connectivity index (χ3n) is 3.95. The van der Waals surface area contributed by atoms with E-state index in [2.05, 4.69) is 23.2 Å². The lowest BCUT2D eigenvalue weighted by atomic mass is 10.1. The summed E-state index contributed by atoms with van der Waals surface area (Å²) in [6.45, 7) is 1.96. The number of carbonyl (C=O) groups is 1. The number of hydrogen-bond acceptors (Lipinski definition) is 3. The van der Waals surface area contributed by atoms with Gasteiger partial charge in [0.1, 0.15) is 0 Å². The molecule has 1 aromatic carbocycles. The van der Waals surface area contributed by atoms with Gasteiger partial charge in [0.2, 0.25) is 5.91 Å². The van der Waals surface area contributed by atoms with Gasteiger partial charge in [0.25, 0.3) is 0 Å². The number of aromatic nitrogens is 1. The fourth-order valence-electron chi connectivity index (χ4n) is 2.82. The highest BCUT2D eigenvalue weighted by Gasteiger charge is 2.27. The molecule has 108 valence electrons. The molecule has 1 heterocycles. The number of hydrogen-bond donors (Lipinski definition) is 0.